The van der Waals surface area contributed by atoms with E-state index in [1.54, 1.807) is 35.4 Å². The summed E-state index contributed by atoms with van der Waals surface area (Å²) in [6.07, 6.45) is 4.73. The van der Waals surface area contributed by atoms with Crippen LogP contribution in [0, 0.1) is 0 Å². The Bertz CT molecular complexity index is 1660. The number of carbonyl (C=O) groups excluding carboxylic acids is 2. The lowest BCUT2D eigenvalue weighted by molar-refractivity contribution is 0.0740. The Kier molecular flexibility index (Phi) is 11.2. The summed E-state index contributed by atoms with van der Waals surface area (Å²) in [5.41, 5.74) is 1.86. The first kappa shape index (κ1) is 35.9. The van der Waals surface area contributed by atoms with Crippen LogP contribution in [0.1, 0.15) is 66.2 Å². The zero-order chi connectivity index (χ0) is 35.4. The molecule has 0 spiro atoms. The van der Waals surface area contributed by atoms with Crippen LogP contribution in [0.3, 0.4) is 0 Å². The fourth-order valence-corrected chi connectivity index (χ4v) is 10.3. The molecule has 5 atom stereocenters. The van der Waals surface area contributed by atoms with Gasteiger partial charge in [-0.2, -0.15) is 0 Å². The number of fused-ring (bicyclic) bond motifs is 4. The van der Waals surface area contributed by atoms with E-state index >= 15 is 0 Å². The van der Waals surface area contributed by atoms with Crippen LogP contribution >= 0.6 is 7.14 Å². The molecule has 0 aromatic heterocycles. The molecule has 2 aromatic rings. The second kappa shape index (κ2) is 15.6. The van der Waals surface area contributed by atoms with Crippen molar-refractivity contribution in [2.75, 3.05) is 70.9 Å². The number of benzene rings is 2. The van der Waals surface area contributed by atoms with Crippen molar-refractivity contribution in [1.82, 2.24) is 9.80 Å². The zero-order valence-corrected chi connectivity index (χ0v) is 29.9. The summed E-state index contributed by atoms with van der Waals surface area (Å²) in [4.78, 5) is 33.9. The minimum Gasteiger partial charge on any atom is -0.493 e. The first-order valence-corrected chi connectivity index (χ1v) is 19.8. The largest absolute Gasteiger partial charge is 0.493 e. The lowest BCUT2D eigenvalue weighted by Crippen LogP contribution is -2.37. The topological polar surface area (TPSA) is 119 Å². The summed E-state index contributed by atoms with van der Waals surface area (Å²) in [6.45, 7) is 3.31. The molecule has 0 saturated carbocycles. The van der Waals surface area contributed by atoms with Gasteiger partial charge in [-0.1, -0.05) is 13.3 Å². The van der Waals surface area contributed by atoms with Crippen LogP contribution in [0.25, 0.3) is 0 Å². The SMILES string of the molecule is CCCCP(=O)(CCCOc1cc2c(cc1OC)C(=O)N1CC(F)C[C@H]1C=N2)CCCOc1cc2c(cc1OC)C(=O)N1CC(F)C[C@H]1CN2. The number of hydrogen-bond acceptors (Lipinski definition) is 9. The molecule has 50 heavy (non-hydrogen) atoms. The lowest BCUT2D eigenvalue weighted by atomic mass is 10.1. The summed E-state index contributed by atoms with van der Waals surface area (Å²) in [5, 5.41) is 3.29. The van der Waals surface area contributed by atoms with Crippen LogP contribution < -0.4 is 24.3 Å². The molecule has 4 aliphatic rings. The number of ether oxygens (including phenoxy) is 4. The monoisotopic (exact) mass is 716 g/mol. The molecular formula is C36H47F2N4O7P. The molecule has 2 saturated heterocycles. The average Bonchev–Trinajstić information content (AvgIpc) is 3.62. The molecular weight excluding hydrogens is 669 g/mol. The number of alkyl halides is 2. The standard InChI is InChI=1S/C36H47F2N4O7P/c1-4-5-10-50(45,11-6-8-48-33-17-29-27(15-31(33)46-2)35(43)41-21-23(37)13-25(41)19-39-29)12-7-9-49-34-18-30-28(16-32(34)47-3)36(44)42-22-24(38)14-26(42)20-40-30/h15-19,23-26,40H,4-14,20-22H2,1-3H3/t23?,24?,25-,26-,50?/m0/s1. The van der Waals surface area contributed by atoms with Crippen LogP contribution in [0.4, 0.5) is 20.2 Å². The number of aliphatic imine (C=N–C) groups is 1. The Morgan fingerprint density at radius 3 is 2.10 bits per heavy atom. The second-order valence-corrected chi connectivity index (χ2v) is 17.0. The van der Waals surface area contributed by atoms with E-state index in [1.807, 2.05) is 0 Å². The van der Waals surface area contributed by atoms with Gasteiger partial charge in [0, 0.05) is 56.2 Å². The molecule has 11 nitrogen and oxygen atoms in total. The number of carbonyl (C=O) groups is 2. The Hall–Kier alpha value is -3.86. The predicted molar refractivity (Wildman–Crippen MR) is 189 cm³/mol. The highest BCUT2D eigenvalue weighted by Gasteiger charge is 2.39. The van der Waals surface area contributed by atoms with Crippen molar-refractivity contribution >= 4 is 36.5 Å². The molecule has 6 rings (SSSR count). The van der Waals surface area contributed by atoms with Crippen LogP contribution in [-0.4, -0.2) is 118 Å². The van der Waals surface area contributed by atoms with Crippen LogP contribution in [0.15, 0.2) is 29.3 Å². The number of anilines is 1. The number of hydrogen-bond donors (Lipinski definition) is 1. The maximum absolute atomic E-state index is 14.1. The third kappa shape index (κ3) is 7.72. The number of halogens is 2. The van der Waals surface area contributed by atoms with Gasteiger partial charge in [-0.05, 0) is 31.4 Å². The highest BCUT2D eigenvalue weighted by molar-refractivity contribution is 7.63. The zero-order valence-electron chi connectivity index (χ0n) is 29.0. The van der Waals surface area contributed by atoms with Crippen molar-refractivity contribution in [2.24, 2.45) is 4.99 Å². The van der Waals surface area contributed by atoms with E-state index in [-0.39, 0.29) is 43.4 Å². The molecule has 0 radical (unpaired) electrons. The Morgan fingerprint density at radius 1 is 0.820 bits per heavy atom. The molecule has 4 aliphatic heterocycles. The fraction of sp³-hybridized carbons (Fsp3) is 0.583. The van der Waals surface area contributed by atoms with Gasteiger partial charge >= 0.3 is 0 Å². The smallest absolute Gasteiger partial charge is 0.256 e. The summed E-state index contributed by atoms with van der Waals surface area (Å²) in [7, 11) is 0.477. The summed E-state index contributed by atoms with van der Waals surface area (Å²) in [5.74, 6) is 1.23. The van der Waals surface area contributed by atoms with E-state index in [4.69, 9.17) is 18.9 Å². The van der Waals surface area contributed by atoms with E-state index in [1.165, 1.54) is 19.1 Å². The molecule has 2 aromatic carbocycles. The van der Waals surface area contributed by atoms with Gasteiger partial charge in [0.15, 0.2) is 23.0 Å². The first-order valence-electron chi connectivity index (χ1n) is 17.6. The maximum Gasteiger partial charge on any atom is 0.256 e. The highest BCUT2D eigenvalue weighted by atomic mass is 31.2. The van der Waals surface area contributed by atoms with Gasteiger partial charge in [0.25, 0.3) is 11.8 Å². The molecule has 2 amide bonds. The fourth-order valence-electron chi connectivity index (χ4n) is 7.30. The summed E-state index contributed by atoms with van der Waals surface area (Å²) >= 11 is 0. The Balaban J connectivity index is 1.04. The van der Waals surface area contributed by atoms with Gasteiger partial charge < -0.3 is 38.6 Å². The van der Waals surface area contributed by atoms with Crippen LogP contribution in [-0.2, 0) is 4.57 Å². The number of amides is 2. The second-order valence-electron chi connectivity index (χ2n) is 13.5. The number of unbranched alkanes of at least 4 members (excludes halogenated alkanes) is 1. The molecule has 14 heteroatoms. The van der Waals surface area contributed by atoms with Gasteiger partial charge in [0.05, 0.1) is 82.3 Å². The average molecular weight is 717 g/mol. The van der Waals surface area contributed by atoms with Crippen molar-refractivity contribution in [2.45, 2.75) is 69.9 Å². The third-order valence-electron chi connectivity index (χ3n) is 9.99. The van der Waals surface area contributed by atoms with Crippen molar-refractivity contribution < 1.29 is 41.9 Å². The van der Waals surface area contributed by atoms with Gasteiger partial charge in [-0.25, -0.2) is 8.78 Å². The first-order chi connectivity index (χ1) is 24.1. The van der Waals surface area contributed by atoms with Crippen LogP contribution in [0.5, 0.6) is 23.0 Å². The summed E-state index contributed by atoms with van der Waals surface area (Å²) in [6, 6.07) is 6.11. The third-order valence-corrected chi connectivity index (χ3v) is 13.4. The van der Waals surface area contributed by atoms with Crippen molar-refractivity contribution in [3.8, 4) is 23.0 Å². The Labute approximate surface area is 292 Å². The minimum absolute atomic E-state index is 0.0463. The van der Waals surface area contributed by atoms with Gasteiger partial charge in [0.2, 0.25) is 0 Å². The van der Waals surface area contributed by atoms with Gasteiger partial charge in [-0.15, -0.1) is 0 Å². The molecule has 2 fully saturated rings. The normalized spacial score (nSPS) is 23.5. The van der Waals surface area contributed by atoms with E-state index in [9.17, 15) is 22.9 Å². The van der Waals surface area contributed by atoms with E-state index < -0.39 is 19.5 Å². The number of rotatable bonds is 15. The molecule has 0 bridgehead atoms. The maximum atomic E-state index is 14.1. The van der Waals surface area contributed by atoms with Crippen molar-refractivity contribution in [1.29, 1.82) is 0 Å². The number of nitrogens with zero attached hydrogens (tertiary/aromatic N) is 3. The van der Waals surface area contributed by atoms with Gasteiger partial charge in [0.1, 0.15) is 12.3 Å². The molecule has 0 aliphatic carbocycles. The van der Waals surface area contributed by atoms with E-state index in [2.05, 4.69) is 17.2 Å². The van der Waals surface area contributed by atoms with E-state index in [0.29, 0.717) is 103 Å². The lowest BCUT2D eigenvalue weighted by Gasteiger charge is -2.21. The highest BCUT2D eigenvalue weighted by Crippen LogP contribution is 2.48. The molecule has 1 N–H and O–H groups in total. The number of nitrogens with one attached hydrogen (secondary N) is 1. The number of methoxy groups -OCH3 is 2. The Morgan fingerprint density at radius 2 is 1.42 bits per heavy atom. The van der Waals surface area contributed by atoms with E-state index in [0.717, 1.165) is 12.8 Å². The predicted octanol–water partition coefficient (Wildman–Crippen LogP) is 6.35. The molecule has 4 heterocycles. The minimum atomic E-state index is -2.53. The quantitative estimate of drug-likeness (QED) is 0.167. The van der Waals surface area contributed by atoms with Crippen molar-refractivity contribution in [3.05, 3.63) is 35.4 Å². The summed E-state index contributed by atoms with van der Waals surface area (Å²) < 4.78 is 65.4. The van der Waals surface area contributed by atoms with Gasteiger partial charge in [-0.3, -0.25) is 14.6 Å². The molecule has 3 unspecified atom stereocenters. The van der Waals surface area contributed by atoms with Crippen molar-refractivity contribution in [3.63, 3.8) is 0 Å². The molecule has 272 valence electrons. The van der Waals surface area contributed by atoms with Crippen LogP contribution in [0.2, 0.25) is 0 Å².